The van der Waals surface area contributed by atoms with Crippen LogP contribution in [0.4, 0.5) is 0 Å². The van der Waals surface area contributed by atoms with Gasteiger partial charge < -0.3 is 53.4 Å². The van der Waals surface area contributed by atoms with Crippen molar-refractivity contribution in [2.45, 2.75) is 227 Å². The molecule has 0 aromatic carbocycles. The maximum absolute atomic E-state index is 14.7. The Bertz CT molecular complexity index is 2450. The number of amides is 1. The Morgan fingerprint density at radius 3 is 2.19 bits per heavy atom. The van der Waals surface area contributed by atoms with Gasteiger partial charge in [-0.2, -0.15) is 0 Å². The van der Waals surface area contributed by atoms with Crippen LogP contribution in [0.1, 0.15) is 172 Å². The van der Waals surface area contributed by atoms with Gasteiger partial charge in [0, 0.05) is 63.2 Å². The number of hydrogen-bond donors (Lipinski definition) is 3. The zero-order chi connectivity index (χ0) is 61.0. The van der Waals surface area contributed by atoms with Crippen LogP contribution in [0.5, 0.6) is 0 Å². The van der Waals surface area contributed by atoms with Crippen LogP contribution in [-0.4, -0.2) is 150 Å². The molecule has 17 atom stereocenters. The van der Waals surface area contributed by atoms with Crippen molar-refractivity contribution in [1.82, 2.24) is 4.90 Å². The summed E-state index contributed by atoms with van der Waals surface area (Å²) in [6, 6.07) is -1.19. The van der Waals surface area contributed by atoms with E-state index in [0.717, 1.165) is 24.8 Å². The van der Waals surface area contributed by atoms with Gasteiger partial charge >= 0.3 is 11.9 Å². The Hall–Kier alpha value is -3.94. The summed E-state index contributed by atoms with van der Waals surface area (Å²) in [7, 11) is 3.17. The van der Waals surface area contributed by atoms with Crippen LogP contribution in [0.2, 0.25) is 0 Å². The highest BCUT2D eigenvalue weighted by Crippen LogP contribution is 2.72. The van der Waals surface area contributed by atoms with E-state index >= 15 is 0 Å². The van der Waals surface area contributed by atoms with Crippen molar-refractivity contribution < 1.29 is 77.2 Å². The van der Waals surface area contributed by atoms with E-state index in [2.05, 4.69) is 20.8 Å². The number of rotatable bonds is 8. The number of methoxy groups -OCH3 is 2. The summed E-state index contributed by atoms with van der Waals surface area (Å²) in [5.74, 6) is -10.3. The first-order valence-electron chi connectivity index (χ1n) is 31.1. The molecule has 1 amide bonds. The molecule has 7 aliphatic rings. The molecule has 3 saturated carbocycles. The van der Waals surface area contributed by atoms with Gasteiger partial charge in [-0.25, -0.2) is 4.79 Å². The van der Waals surface area contributed by atoms with Crippen molar-refractivity contribution in [3.63, 3.8) is 0 Å². The molecule has 17 nitrogen and oxygen atoms in total. The van der Waals surface area contributed by atoms with E-state index in [4.69, 9.17) is 33.2 Å². The van der Waals surface area contributed by atoms with E-state index in [-0.39, 0.29) is 66.8 Å². The van der Waals surface area contributed by atoms with Gasteiger partial charge in [0.25, 0.3) is 11.7 Å². The van der Waals surface area contributed by atoms with Gasteiger partial charge in [-0.05, 0) is 138 Å². The first-order valence-corrected chi connectivity index (χ1v) is 31.1. The molecule has 3 aliphatic carbocycles. The third kappa shape index (κ3) is 14.1. The number of cyclic esters (lactones) is 1. The monoisotopic (exact) mass is 1160 g/mol. The molecular weight excluding hydrogens is 1060 g/mol. The number of ether oxygens (including phenoxy) is 7. The molecule has 466 valence electrons. The summed E-state index contributed by atoms with van der Waals surface area (Å²) in [5, 5.41) is 34.2. The number of allylic oxidation sites excluding steroid dienone is 6. The lowest BCUT2D eigenvalue weighted by Gasteiger charge is -2.52. The van der Waals surface area contributed by atoms with Crippen molar-refractivity contribution in [3.8, 4) is 0 Å². The van der Waals surface area contributed by atoms with Crippen molar-refractivity contribution in [3.05, 3.63) is 47.6 Å². The minimum Gasteiger partial charge on any atom is -0.460 e. The lowest BCUT2D eigenvalue weighted by Crippen LogP contribution is -2.61. The molecule has 0 radical (unpaired) electrons. The predicted octanol–water partition coefficient (Wildman–Crippen LogP) is 8.92. The third-order valence-electron chi connectivity index (χ3n) is 21.4. The predicted molar refractivity (Wildman–Crippen MR) is 311 cm³/mol. The van der Waals surface area contributed by atoms with E-state index in [1.165, 1.54) is 4.90 Å². The SMILES string of the molecule is CO[C@H]1C[C@@H]2CC[C@@H](C)[C@@](O)(O2)C(=O)C(=O)N2CCCC[C@H]2C(=O)O[C@H]([C@H](C)C[C@@H]2CC[C@@H](OC(=O)C3(C)COC4(CC5CCC4(C)C5(C)C)OC3)[C@H](OC)C2)CC(=O)[C@H](C)/C=C(\C)[C@@H](O)[C@@H](CO)C(=O)[C@H](C)C[C@H](C)/C=C/C=C/C=C/1C. The minimum absolute atomic E-state index is 0.000527. The van der Waals surface area contributed by atoms with Gasteiger partial charge in [0.2, 0.25) is 5.79 Å². The van der Waals surface area contributed by atoms with Gasteiger partial charge in [0.15, 0.2) is 5.79 Å². The third-order valence-corrected chi connectivity index (χ3v) is 21.4. The van der Waals surface area contributed by atoms with E-state index in [1.807, 2.05) is 58.1 Å². The van der Waals surface area contributed by atoms with Crippen LogP contribution < -0.4 is 0 Å². The lowest BCUT2D eigenvalue weighted by atomic mass is 9.68. The molecule has 0 aromatic heterocycles. The number of nitrogens with zero attached hydrogens (tertiary/aromatic N) is 1. The Balaban J connectivity index is 1.10. The maximum Gasteiger partial charge on any atom is 0.329 e. The topological polar surface area (TPSA) is 231 Å². The average Bonchev–Trinajstić information content (AvgIpc) is 1.65. The second kappa shape index (κ2) is 27.4. The molecule has 4 heterocycles. The van der Waals surface area contributed by atoms with E-state index in [0.29, 0.717) is 75.7 Å². The molecule has 17 heteroatoms. The summed E-state index contributed by atoms with van der Waals surface area (Å²) in [4.78, 5) is 87.2. The van der Waals surface area contributed by atoms with Crippen LogP contribution in [0.3, 0.4) is 0 Å². The van der Waals surface area contributed by atoms with Crippen LogP contribution in [-0.2, 0) is 61.9 Å². The number of fused-ring (bicyclic) bond motifs is 6. The van der Waals surface area contributed by atoms with Gasteiger partial charge in [-0.15, -0.1) is 0 Å². The number of piperidine rings is 1. The highest BCUT2D eigenvalue weighted by molar-refractivity contribution is 6.39. The molecular formula is C66H101NO16. The highest BCUT2D eigenvalue weighted by atomic mass is 16.7. The van der Waals surface area contributed by atoms with Gasteiger partial charge in [0.05, 0.1) is 50.2 Å². The zero-order valence-corrected chi connectivity index (χ0v) is 52.2. The number of esters is 2. The van der Waals surface area contributed by atoms with Gasteiger partial charge in [0.1, 0.15) is 35.2 Å². The Morgan fingerprint density at radius 1 is 0.843 bits per heavy atom. The van der Waals surface area contributed by atoms with Crippen molar-refractivity contribution in [1.29, 1.82) is 0 Å². The minimum atomic E-state index is -2.47. The molecule has 0 aromatic rings. The van der Waals surface area contributed by atoms with Crippen LogP contribution in [0.25, 0.3) is 0 Å². The zero-order valence-electron chi connectivity index (χ0n) is 52.2. The number of Topliss-reactive ketones (excluding diaryl/α,β-unsaturated/α-hetero) is 3. The lowest BCUT2D eigenvalue weighted by molar-refractivity contribution is -0.346. The Labute approximate surface area is 494 Å². The van der Waals surface area contributed by atoms with Crippen LogP contribution in [0.15, 0.2) is 47.6 Å². The quantitative estimate of drug-likeness (QED) is 0.117. The molecule has 6 fully saturated rings. The second-order valence-electron chi connectivity index (χ2n) is 27.5. The summed E-state index contributed by atoms with van der Waals surface area (Å²) in [6.45, 7) is 21.1. The number of ketones is 3. The molecule has 2 unspecified atom stereocenters. The second-order valence-corrected chi connectivity index (χ2v) is 27.5. The van der Waals surface area contributed by atoms with Crippen LogP contribution in [0, 0.1) is 63.6 Å². The van der Waals surface area contributed by atoms with Gasteiger partial charge in [-0.1, -0.05) is 91.8 Å². The Kier molecular flexibility index (Phi) is 22.0. The number of hydrogen-bond acceptors (Lipinski definition) is 16. The Morgan fingerprint density at radius 2 is 1.55 bits per heavy atom. The fraction of sp³-hybridized carbons (Fsp3) is 0.788. The molecule has 3 saturated heterocycles. The standard InChI is InChI=1S/C66H101NO16/c1-39-19-15-14-16-20-40(2)53(77-12)33-48-24-22-45(7)66(76,83-48)58(72)59(73)67-28-18-17-21-50(67)60(74)81-54(34-51(69)41(3)30-44(6)57(71)49(36-68)56(70)43(5)29-39)42(4)31-46-23-25-52(55(32-46)78-13)82-61(75)63(10)37-79-65(80-38-63)35-47-26-27-64(65,11)62(47,8)9/h14-16,19-20,30,39,41-43,45-50,52-55,57,68,71,76H,17-18,21-29,31-38H2,1-13H3/b16-14+,19-15+,40-20+,44-30+/t39-,41-,42-,43-,45-,46+,47?,48+,49+,50+,52-,53+,54+,55-,57-,63?,64?,65?,66-/m1/s1. The summed E-state index contributed by atoms with van der Waals surface area (Å²) >= 11 is 0. The molecule has 83 heavy (non-hydrogen) atoms. The van der Waals surface area contributed by atoms with Gasteiger partial charge in [-0.3, -0.25) is 24.0 Å². The maximum atomic E-state index is 14.7. The molecule has 4 bridgehead atoms. The average molecular weight is 1160 g/mol. The molecule has 7 rings (SSSR count). The van der Waals surface area contributed by atoms with E-state index in [1.54, 1.807) is 48.0 Å². The summed E-state index contributed by atoms with van der Waals surface area (Å²) in [5.41, 5.74) is 0.0704. The fourth-order valence-electron chi connectivity index (χ4n) is 15.0. The van der Waals surface area contributed by atoms with Crippen molar-refractivity contribution in [2.75, 3.05) is 40.6 Å². The molecule has 4 aliphatic heterocycles. The molecule has 3 N–H and O–H groups in total. The van der Waals surface area contributed by atoms with Crippen LogP contribution >= 0.6 is 0 Å². The number of aliphatic hydroxyl groups excluding tert-OH is 2. The highest BCUT2D eigenvalue weighted by Gasteiger charge is 2.72. The van der Waals surface area contributed by atoms with Crippen molar-refractivity contribution in [2.24, 2.45) is 63.6 Å². The normalized spacial score (nSPS) is 43.5. The van der Waals surface area contributed by atoms with E-state index < -0.39 is 119 Å². The summed E-state index contributed by atoms with van der Waals surface area (Å²) < 4.78 is 44.0. The van der Waals surface area contributed by atoms with Crippen molar-refractivity contribution >= 4 is 35.2 Å². The fourth-order valence-corrected chi connectivity index (χ4v) is 15.0. The summed E-state index contributed by atoms with van der Waals surface area (Å²) in [6.07, 6.45) is 14.4. The number of carbonyl (C=O) groups is 6. The smallest absolute Gasteiger partial charge is 0.329 e. The number of aliphatic hydroxyl groups is 3. The number of carbonyl (C=O) groups excluding carboxylic acids is 6. The first-order chi connectivity index (χ1) is 39.1. The molecule has 1 spiro atoms. The first kappa shape index (κ1) is 66.6. The largest absolute Gasteiger partial charge is 0.460 e. The van der Waals surface area contributed by atoms with E-state index in [9.17, 15) is 44.1 Å².